The Hall–Kier alpha value is -1.16. The number of ketones is 1. The van der Waals surface area contributed by atoms with Crippen LogP contribution >= 0.6 is 0 Å². The quantitative estimate of drug-likeness (QED) is 0.843. The summed E-state index contributed by atoms with van der Waals surface area (Å²) in [6, 6.07) is 7.20. The van der Waals surface area contributed by atoms with Gasteiger partial charge >= 0.3 is 0 Å². The first-order valence-corrected chi connectivity index (χ1v) is 9.40. The third kappa shape index (κ3) is 2.54. The molecule has 2 aliphatic rings. The van der Waals surface area contributed by atoms with Crippen LogP contribution in [0.4, 0.5) is 0 Å². The van der Waals surface area contributed by atoms with Crippen molar-refractivity contribution in [1.29, 1.82) is 0 Å². The van der Waals surface area contributed by atoms with Crippen LogP contribution < -0.4 is 0 Å². The van der Waals surface area contributed by atoms with Gasteiger partial charge in [-0.15, -0.1) is 0 Å². The number of fused-ring (bicyclic) bond motifs is 1. The summed E-state index contributed by atoms with van der Waals surface area (Å²) in [6.45, 7) is 4.38. The molecule has 114 valence electrons. The highest BCUT2D eigenvalue weighted by Crippen LogP contribution is 2.45. The van der Waals surface area contributed by atoms with Crippen LogP contribution in [0.2, 0.25) is 0 Å². The Labute approximate surface area is 126 Å². The van der Waals surface area contributed by atoms with E-state index in [-0.39, 0.29) is 23.4 Å². The molecule has 3 unspecified atom stereocenters. The van der Waals surface area contributed by atoms with Crippen LogP contribution in [-0.4, -0.2) is 20.0 Å². The topological polar surface area (TPSA) is 51.2 Å². The molecular weight excluding hydrogens is 284 g/mol. The fourth-order valence-electron chi connectivity index (χ4n) is 3.90. The van der Waals surface area contributed by atoms with Gasteiger partial charge in [-0.25, -0.2) is 8.42 Å². The number of carbonyl (C=O) groups excluding carboxylic acids is 1. The fraction of sp³-hybridized carbons (Fsp3) is 0.588. The predicted molar refractivity (Wildman–Crippen MR) is 81.9 cm³/mol. The second kappa shape index (κ2) is 5.24. The lowest BCUT2D eigenvalue weighted by molar-refractivity contribution is -0.126. The van der Waals surface area contributed by atoms with Crippen molar-refractivity contribution in [2.75, 3.05) is 5.75 Å². The van der Waals surface area contributed by atoms with E-state index < -0.39 is 9.84 Å². The van der Waals surface area contributed by atoms with E-state index in [1.54, 1.807) is 12.1 Å². The summed E-state index contributed by atoms with van der Waals surface area (Å²) < 4.78 is 24.6. The lowest BCUT2D eigenvalue weighted by Crippen LogP contribution is -2.32. The molecule has 0 saturated heterocycles. The monoisotopic (exact) mass is 306 g/mol. The molecule has 0 bridgehead atoms. The summed E-state index contributed by atoms with van der Waals surface area (Å²) in [5.41, 5.74) is 0.861. The Morgan fingerprint density at radius 2 is 1.86 bits per heavy atom. The zero-order chi connectivity index (χ0) is 15.2. The van der Waals surface area contributed by atoms with Crippen molar-refractivity contribution in [1.82, 2.24) is 0 Å². The molecular formula is C17H22O3S. The molecule has 1 aromatic carbocycles. The van der Waals surface area contributed by atoms with Crippen LogP contribution in [0.3, 0.4) is 0 Å². The highest BCUT2D eigenvalue weighted by molar-refractivity contribution is 7.91. The van der Waals surface area contributed by atoms with Gasteiger partial charge in [0.25, 0.3) is 0 Å². The number of hydrogen-bond donors (Lipinski definition) is 0. The molecule has 0 radical (unpaired) electrons. The van der Waals surface area contributed by atoms with Gasteiger partial charge in [0.15, 0.2) is 9.84 Å². The molecule has 0 amide bonds. The SMILES string of the molecule is CC(C)C1CCC(=O)C(C2CS(=O)(=O)c3ccccc32)C1. The van der Waals surface area contributed by atoms with E-state index >= 15 is 0 Å². The molecule has 3 rings (SSSR count). The molecule has 1 aromatic rings. The van der Waals surface area contributed by atoms with Crippen molar-refractivity contribution in [2.45, 2.75) is 43.9 Å². The lowest BCUT2D eigenvalue weighted by Gasteiger charge is -2.33. The van der Waals surface area contributed by atoms with Crippen LogP contribution in [0.5, 0.6) is 0 Å². The maximum Gasteiger partial charge on any atom is 0.179 e. The molecule has 1 fully saturated rings. The molecule has 1 heterocycles. The normalized spacial score (nSPS) is 31.4. The van der Waals surface area contributed by atoms with Crippen LogP contribution in [0.1, 0.15) is 44.6 Å². The summed E-state index contributed by atoms with van der Waals surface area (Å²) in [4.78, 5) is 12.8. The standard InChI is InChI=1S/C17H22O3S/c1-11(2)12-7-8-16(18)14(9-12)15-10-21(19,20)17-6-4-3-5-13(15)17/h3-6,11-12,14-15H,7-10H2,1-2H3. The zero-order valence-corrected chi connectivity index (χ0v) is 13.4. The van der Waals surface area contributed by atoms with Crippen LogP contribution in [0.15, 0.2) is 29.2 Å². The Kier molecular flexibility index (Phi) is 3.68. The van der Waals surface area contributed by atoms with E-state index in [0.717, 1.165) is 18.4 Å². The number of carbonyl (C=O) groups is 1. The van der Waals surface area contributed by atoms with Crippen molar-refractivity contribution in [3.8, 4) is 0 Å². The molecule has 21 heavy (non-hydrogen) atoms. The van der Waals surface area contributed by atoms with Gasteiger partial charge in [0.05, 0.1) is 10.6 Å². The first kappa shape index (κ1) is 14.8. The van der Waals surface area contributed by atoms with Gasteiger partial charge in [0.1, 0.15) is 5.78 Å². The third-order valence-corrected chi connectivity index (χ3v) is 7.05. The number of hydrogen-bond acceptors (Lipinski definition) is 3. The summed E-state index contributed by atoms with van der Waals surface area (Å²) in [5, 5.41) is 0. The molecule has 1 aliphatic heterocycles. The van der Waals surface area contributed by atoms with Gasteiger partial charge in [-0.1, -0.05) is 32.0 Å². The highest BCUT2D eigenvalue weighted by Gasteiger charge is 2.43. The maximum absolute atomic E-state index is 12.4. The van der Waals surface area contributed by atoms with Crippen molar-refractivity contribution in [3.05, 3.63) is 29.8 Å². The van der Waals surface area contributed by atoms with Gasteiger partial charge in [-0.3, -0.25) is 4.79 Å². The minimum Gasteiger partial charge on any atom is -0.299 e. The molecule has 3 atom stereocenters. The fourth-order valence-corrected chi connectivity index (χ4v) is 5.83. The Balaban J connectivity index is 1.96. The predicted octanol–water partition coefficient (Wildman–Crippen LogP) is 3.20. The Bertz CT molecular complexity index is 660. The molecule has 0 aromatic heterocycles. The maximum atomic E-state index is 12.4. The average Bonchev–Trinajstić information content (AvgIpc) is 2.71. The molecule has 4 heteroatoms. The molecule has 0 N–H and O–H groups in total. The van der Waals surface area contributed by atoms with Gasteiger partial charge in [0, 0.05) is 18.3 Å². The molecule has 1 saturated carbocycles. The molecule has 3 nitrogen and oxygen atoms in total. The Morgan fingerprint density at radius 3 is 2.57 bits per heavy atom. The smallest absolute Gasteiger partial charge is 0.179 e. The van der Waals surface area contributed by atoms with Crippen molar-refractivity contribution < 1.29 is 13.2 Å². The van der Waals surface area contributed by atoms with Crippen LogP contribution in [-0.2, 0) is 14.6 Å². The number of benzene rings is 1. The van der Waals surface area contributed by atoms with Crippen molar-refractivity contribution in [2.24, 2.45) is 17.8 Å². The second-order valence-electron chi connectivity index (χ2n) is 6.78. The first-order chi connectivity index (χ1) is 9.90. The second-order valence-corrected chi connectivity index (χ2v) is 8.78. The summed E-state index contributed by atoms with van der Waals surface area (Å²) in [6.07, 6.45) is 2.39. The number of rotatable bonds is 2. The van der Waals surface area contributed by atoms with E-state index in [4.69, 9.17) is 0 Å². The molecule has 0 spiro atoms. The number of sulfone groups is 1. The van der Waals surface area contributed by atoms with Crippen LogP contribution in [0.25, 0.3) is 0 Å². The lowest BCUT2D eigenvalue weighted by atomic mass is 9.70. The largest absolute Gasteiger partial charge is 0.299 e. The minimum absolute atomic E-state index is 0.105. The number of Topliss-reactive ketones (excluding diaryl/α,β-unsaturated/α-hetero) is 1. The zero-order valence-electron chi connectivity index (χ0n) is 12.6. The third-order valence-electron chi connectivity index (χ3n) is 5.21. The van der Waals surface area contributed by atoms with Gasteiger partial charge in [-0.2, -0.15) is 0 Å². The summed E-state index contributed by atoms with van der Waals surface area (Å²) >= 11 is 0. The van der Waals surface area contributed by atoms with E-state index in [2.05, 4.69) is 13.8 Å². The van der Waals surface area contributed by atoms with Gasteiger partial charge in [0.2, 0.25) is 0 Å². The summed E-state index contributed by atoms with van der Waals surface area (Å²) in [7, 11) is -3.22. The first-order valence-electron chi connectivity index (χ1n) is 7.74. The Morgan fingerprint density at radius 1 is 1.14 bits per heavy atom. The van der Waals surface area contributed by atoms with Gasteiger partial charge in [-0.05, 0) is 36.3 Å². The van der Waals surface area contributed by atoms with Crippen molar-refractivity contribution in [3.63, 3.8) is 0 Å². The van der Waals surface area contributed by atoms with Crippen molar-refractivity contribution >= 4 is 15.6 Å². The minimum atomic E-state index is -3.22. The highest BCUT2D eigenvalue weighted by atomic mass is 32.2. The van der Waals surface area contributed by atoms with E-state index in [9.17, 15) is 13.2 Å². The van der Waals surface area contributed by atoms with E-state index in [1.165, 1.54) is 0 Å². The summed E-state index contributed by atoms with van der Waals surface area (Å²) in [5.74, 6) is 1.18. The van der Waals surface area contributed by atoms with E-state index in [1.807, 2.05) is 12.1 Å². The van der Waals surface area contributed by atoms with E-state index in [0.29, 0.717) is 23.2 Å². The van der Waals surface area contributed by atoms with Crippen LogP contribution in [0, 0.1) is 17.8 Å². The average molecular weight is 306 g/mol. The molecule has 1 aliphatic carbocycles. The van der Waals surface area contributed by atoms with Gasteiger partial charge < -0.3 is 0 Å².